The summed E-state index contributed by atoms with van der Waals surface area (Å²) < 4.78 is 19.8. The number of thiazole rings is 1. The highest BCUT2D eigenvalue weighted by Gasteiger charge is 2.34. The minimum absolute atomic E-state index is 0.318. The van der Waals surface area contributed by atoms with Gasteiger partial charge >= 0.3 is 0 Å². The van der Waals surface area contributed by atoms with E-state index in [2.05, 4.69) is 31.2 Å². The lowest BCUT2D eigenvalue weighted by atomic mass is 9.94. The summed E-state index contributed by atoms with van der Waals surface area (Å²) in [5, 5.41) is 4.05. The van der Waals surface area contributed by atoms with E-state index >= 15 is 0 Å². The fourth-order valence-electron chi connectivity index (χ4n) is 4.87. The summed E-state index contributed by atoms with van der Waals surface area (Å²) >= 11 is 6.02. The number of carbonyl (C=O) groups excluding carboxylic acids is 1. The molecule has 45 heavy (non-hydrogen) atoms. The second kappa shape index (κ2) is 12.9. The SMILES string of the molecule is COc1ccc([C@H]2C(C(=O)Nc3ccccc3)=C(C)N=c3s/c(=C/c4cc(Br)c(Sc5nccc(C)n5)o4)c(=O)n32)c(OC)c1. The van der Waals surface area contributed by atoms with E-state index in [1.165, 1.54) is 34.8 Å². The Balaban J connectivity index is 1.46. The number of para-hydroxylation sites is 1. The van der Waals surface area contributed by atoms with Crippen LogP contribution in [-0.4, -0.2) is 34.7 Å². The first-order valence-electron chi connectivity index (χ1n) is 13.6. The highest BCUT2D eigenvalue weighted by molar-refractivity contribution is 9.10. The van der Waals surface area contributed by atoms with Crippen LogP contribution in [0.25, 0.3) is 6.08 Å². The van der Waals surface area contributed by atoms with Crippen LogP contribution in [-0.2, 0) is 4.79 Å². The monoisotopic (exact) mass is 703 g/mol. The molecule has 1 aliphatic rings. The fourth-order valence-corrected chi connectivity index (χ4v) is 7.21. The molecular formula is C32H26BrN5O5S2. The molecule has 0 fully saturated rings. The number of carbonyl (C=O) groups is 1. The summed E-state index contributed by atoms with van der Waals surface area (Å²) in [5.41, 5.74) is 2.54. The number of aromatic nitrogens is 3. The van der Waals surface area contributed by atoms with Gasteiger partial charge in [0, 0.05) is 35.3 Å². The molecule has 0 unspecified atom stereocenters. The first kappa shape index (κ1) is 30.6. The van der Waals surface area contributed by atoms with Crippen LogP contribution in [0, 0.1) is 6.92 Å². The van der Waals surface area contributed by atoms with Crippen LogP contribution in [0.5, 0.6) is 11.5 Å². The predicted octanol–water partition coefficient (Wildman–Crippen LogP) is 5.50. The summed E-state index contributed by atoms with van der Waals surface area (Å²) in [5.74, 6) is 1.11. The van der Waals surface area contributed by atoms with Crippen molar-refractivity contribution in [3.05, 3.63) is 119 Å². The van der Waals surface area contributed by atoms with Crippen LogP contribution in [0.15, 0.2) is 107 Å². The number of furan rings is 1. The van der Waals surface area contributed by atoms with Crippen LogP contribution in [0.1, 0.15) is 30.0 Å². The van der Waals surface area contributed by atoms with Gasteiger partial charge in [0.1, 0.15) is 23.3 Å². The van der Waals surface area contributed by atoms with Crippen molar-refractivity contribution >= 4 is 56.7 Å². The molecule has 4 heterocycles. The van der Waals surface area contributed by atoms with Crippen molar-refractivity contribution in [2.75, 3.05) is 19.5 Å². The maximum Gasteiger partial charge on any atom is 0.271 e. The molecule has 1 N–H and O–H groups in total. The van der Waals surface area contributed by atoms with Gasteiger partial charge in [-0.15, -0.1) is 0 Å². The third-order valence-corrected chi connectivity index (χ3v) is 9.64. The number of amides is 1. The highest BCUT2D eigenvalue weighted by Crippen LogP contribution is 2.38. The molecule has 0 aliphatic carbocycles. The van der Waals surface area contributed by atoms with Gasteiger partial charge in [0.05, 0.1) is 34.5 Å². The second-order valence-corrected chi connectivity index (χ2v) is 12.7. The summed E-state index contributed by atoms with van der Waals surface area (Å²) in [4.78, 5) is 41.9. The normalized spacial score (nSPS) is 14.6. The topological polar surface area (TPSA) is 121 Å². The van der Waals surface area contributed by atoms with Crippen LogP contribution in [0.3, 0.4) is 0 Å². The number of aryl methyl sites for hydroxylation is 1. The molecule has 0 saturated heterocycles. The Morgan fingerprint density at radius 1 is 1.11 bits per heavy atom. The van der Waals surface area contributed by atoms with E-state index in [1.807, 2.05) is 31.2 Å². The number of hydrogen-bond acceptors (Lipinski definition) is 10. The van der Waals surface area contributed by atoms with Crippen molar-refractivity contribution in [1.82, 2.24) is 14.5 Å². The zero-order chi connectivity index (χ0) is 31.7. The number of rotatable bonds is 8. The van der Waals surface area contributed by atoms with Crippen LogP contribution in [0.2, 0.25) is 0 Å². The van der Waals surface area contributed by atoms with E-state index in [9.17, 15) is 9.59 Å². The predicted molar refractivity (Wildman–Crippen MR) is 176 cm³/mol. The molecule has 1 amide bonds. The first-order valence-corrected chi connectivity index (χ1v) is 16.1. The molecule has 228 valence electrons. The molecule has 0 spiro atoms. The van der Waals surface area contributed by atoms with E-state index in [1.54, 1.807) is 62.7 Å². The van der Waals surface area contributed by atoms with E-state index in [-0.39, 0.29) is 11.5 Å². The third kappa shape index (κ3) is 6.23. The molecule has 6 rings (SSSR count). The number of ether oxygens (including phenoxy) is 2. The summed E-state index contributed by atoms with van der Waals surface area (Å²) in [6.07, 6.45) is 3.36. The van der Waals surface area contributed by atoms with E-state index < -0.39 is 6.04 Å². The fraction of sp³-hybridized carbons (Fsp3) is 0.156. The number of hydrogen-bond donors (Lipinski definition) is 1. The van der Waals surface area contributed by atoms with Gasteiger partial charge in [-0.3, -0.25) is 14.2 Å². The van der Waals surface area contributed by atoms with Gasteiger partial charge in [-0.05, 0) is 77.9 Å². The summed E-state index contributed by atoms with van der Waals surface area (Å²) in [6.45, 7) is 3.65. The quantitative estimate of drug-likeness (QED) is 0.211. The summed E-state index contributed by atoms with van der Waals surface area (Å²) in [6, 6.07) is 17.2. The van der Waals surface area contributed by atoms with Crippen molar-refractivity contribution in [2.45, 2.75) is 30.1 Å². The van der Waals surface area contributed by atoms with Gasteiger partial charge in [-0.25, -0.2) is 15.0 Å². The van der Waals surface area contributed by atoms with Gasteiger partial charge in [-0.1, -0.05) is 29.5 Å². The van der Waals surface area contributed by atoms with Gasteiger partial charge < -0.3 is 19.2 Å². The average molecular weight is 705 g/mol. The zero-order valence-corrected chi connectivity index (χ0v) is 27.7. The number of methoxy groups -OCH3 is 2. The van der Waals surface area contributed by atoms with Crippen LogP contribution >= 0.6 is 39.0 Å². The van der Waals surface area contributed by atoms with Crippen molar-refractivity contribution < 1.29 is 18.7 Å². The van der Waals surface area contributed by atoms with E-state index in [4.69, 9.17) is 18.9 Å². The lowest BCUT2D eigenvalue weighted by Crippen LogP contribution is -2.40. The molecule has 3 aromatic heterocycles. The molecule has 2 aromatic carbocycles. The smallest absolute Gasteiger partial charge is 0.271 e. The lowest BCUT2D eigenvalue weighted by Gasteiger charge is -2.26. The lowest BCUT2D eigenvalue weighted by molar-refractivity contribution is -0.113. The molecule has 0 bridgehead atoms. The zero-order valence-electron chi connectivity index (χ0n) is 24.5. The Bertz CT molecular complexity index is 2140. The Morgan fingerprint density at radius 2 is 1.91 bits per heavy atom. The maximum atomic E-state index is 14.2. The molecule has 1 aliphatic heterocycles. The average Bonchev–Trinajstić information content (AvgIpc) is 3.53. The van der Waals surface area contributed by atoms with Gasteiger partial charge in [0.15, 0.2) is 15.1 Å². The Morgan fingerprint density at radius 3 is 2.64 bits per heavy atom. The molecule has 1 atom stereocenters. The minimum atomic E-state index is -0.833. The molecular weight excluding hydrogens is 678 g/mol. The van der Waals surface area contributed by atoms with Crippen molar-refractivity contribution in [2.24, 2.45) is 4.99 Å². The van der Waals surface area contributed by atoms with E-state index in [0.717, 1.165) is 5.69 Å². The number of anilines is 1. The molecule has 10 nitrogen and oxygen atoms in total. The minimum Gasteiger partial charge on any atom is -0.497 e. The Kier molecular flexibility index (Phi) is 8.74. The molecule has 13 heteroatoms. The Labute approximate surface area is 274 Å². The number of nitrogens with one attached hydrogen (secondary N) is 1. The van der Waals surface area contributed by atoms with Gasteiger partial charge in [0.25, 0.3) is 11.5 Å². The second-order valence-electron chi connectivity index (χ2n) is 9.88. The summed E-state index contributed by atoms with van der Waals surface area (Å²) in [7, 11) is 3.10. The number of allylic oxidation sites excluding steroid dienone is 1. The van der Waals surface area contributed by atoms with Crippen molar-refractivity contribution in [3.63, 3.8) is 0 Å². The largest absolute Gasteiger partial charge is 0.497 e. The van der Waals surface area contributed by atoms with Gasteiger partial charge in [0.2, 0.25) is 0 Å². The van der Waals surface area contributed by atoms with E-state index in [0.29, 0.717) is 63.8 Å². The number of halogens is 1. The standard InChI is InChI=1S/C32H26BrN5O5S2/c1-17-12-13-34-31(35-17)45-30-23(33)14-21(43-30)16-25-29(40)38-27(22-11-10-20(41-3)15-24(22)42-4)26(18(2)36-32(38)44-25)28(39)37-19-8-6-5-7-9-19/h5-16,27H,1-4H3,(H,37,39)/b25-16+/t27-/m0/s1. The molecule has 0 saturated carbocycles. The highest BCUT2D eigenvalue weighted by atomic mass is 79.9. The number of benzene rings is 2. The van der Waals surface area contributed by atoms with Crippen molar-refractivity contribution in [1.29, 1.82) is 0 Å². The number of nitrogens with zero attached hydrogens (tertiary/aromatic N) is 4. The first-order chi connectivity index (χ1) is 21.7. The van der Waals surface area contributed by atoms with Crippen molar-refractivity contribution in [3.8, 4) is 11.5 Å². The Hall–Kier alpha value is -4.46. The number of fused-ring (bicyclic) bond motifs is 1. The van der Waals surface area contributed by atoms with Crippen LogP contribution in [0.4, 0.5) is 5.69 Å². The maximum absolute atomic E-state index is 14.2. The molecule has 0 radical (unpaired) electrons. The third-order valence-electron chi connectivity index (χ3n) is 6.94. The molecule has 5 aromatic rings. The van der Waals surface area contributed by atoms with Crippen LogP contribution < -0.4 is 29.7 Å². The van der Waals surface area contributed by atoms with Gasteiger partial charge in [-0.2, -0.15) is 0 Å².